The van der Waals surface area contributed by atoms with Gasteiger partial charge in [0.05, 0.1) is 16.7 Å². The van der Waals surface area contributed by atoms with Crippen LogP contribution >= 0.6 is 23.2 Å². The molecule has 0 saturated heterocycles. The third-order valence-electron chi connectivity index (χ3n) is 2.38. The van der Waals surface area contributed by atoms with Gasteiger partial charge in [-0.15, -0.1) is 0 Å². The molecule has 0 spiro atoms. The molecule has 0 aromatic heterocycles. The van der Waals surface area contributed by atoms with E-state index in [0.29, 0.717) is 35.5 Å². The van der Waals surface area contributed by atoms with Crippen molar-refractivity contribution in [1.82, 2.24) is 5.32 Å². The molecule has 8 heteroatoms. The lowest BCUT2D eigenvalue weighted by molar-refractivity contribution is -0.122. The second kappa shape index (κ2) is 9.81. The van der Waals surface area contributed by atoms with E-state index in [1.165, 1.54) is 0 Å². The Bertz CT molecular complexity index is 460. The van der Waals surface area contributed by atoms with Crippen LogP contribution in [0.5, 0.6) is 5.75 Å². The van der Waals surface area contributed by atoms with Gasteiger partial charge in [0.25, 0.3) is 0 Å². The Kier molecular flexibility index (Phi) is 8.41. The lowest BCUT2D eigenvalue weighted by atomic mass is 10.3. The zero-order valence-electron chi connectivity index (χ0n) is 11.4. The summed E-state index contributed by atoms with van der Waals surface area (Å²) < 4.78 is 10.3. The van der Waals surface area contributed by atoms with Gasteiger partial charge in [0.15, 0.2) is 0 Å². The SMILES string of the molecule is NC(=O)COCCNCC(O)COc1ccc(Cl)c(Cl)c1. The summed E-state index contributed by atoms with van der Waals surface area (Å²) in [5, 5.41) is 13.5. The lowest BCUT2D eigenvalue weighted by Crippen LogP contribution is -2.33. The van der Waals surface area contributed by atoms with Crippen LogP contribution in [0.15, 0.2) is 18.2 Å². The van der Waals surface area contributed by atoms with Crippen molar-refractivity contribution in [2.45, 2.75) is 6.10 Å². The first-order valence-electron chi connectivity index (χ1n) is 6.31. The number of hydrogen-bond acceptors (Lipinski definition) is 5. The normalized spacial score (nSPS) is 12.1. The van der Waals surface area contributed by atoms with Gasteiger partial charge in [0.1, 0.15) is 25.1 Å². The van der Waals surface area contributed by atoms with Gasteiger partial charge in [-0.05, 0) is 12.1 Å². The molecule has 6 nitrogen and oxygen atoms in total. The first-order valence-corrected chi connectivity index (χ1v) is 7.07. The number of carbonyl (C=O) groups is 1. The first kappa shape index (κ1) is 18.0. The number of carbonyl (C=O) groups excluding carboxylic acids is 1. The van der Waals surface area contributed by atoms with Crippen molar-refractivity contribution in [3.63, 3.8) is 0 Å². The highest BCUT2D eigenvalue weighted by Crippen LogP contribution is 2.26. The molecule has 0 fully saturated rings. The van der Waals surface area contributed by atoms with Crippen molar-refractivity contribution in [1.29, 1.82) is 0 Å². The summed E-state index contributed by atoms with van der Waals surface area (Å²) >= 11 is 11.6. The predicted molar refractivity (Wildman–Crippen MR) is 80.8 cm³/mol. The summed E-state index contributed by atoms with van der Waals surface area (Å²) in [6, 6.07) is 4.88. The summed E-state index contributed by atoms with van der Waals surface area (Å²) in [4.78, 5) is 10.4. The standard InChI is InChI=1S/C13H18Cl2N2O4/c14-11-2-1-10(5-12(11)15)21-7-9(18)6-17-3-4-20-8-13(16)19/h1-2,5,9,17-18H,3-4,6-8H2,(H2,16,19). The van der Waals surface area contributed by atoms with E-state index < -0.39 is 12.0 Å². The fourth-order valence-corrected chi connectivity index (χ4v) is 1.69. The number of nitrogens with one attached hydrogen (secondary N) is 1. The molecule has 4 N–H and O–H groups in total. The number of halogens is 2. The molecule has 1 atom stereocenters. The summed E-state index contributed by atoms with van der Waals surface area (Å²) in [5.74, 6) is 0.0262. The molecule has 1 unspecified atom stereocenters. The Hall–Kier alpha value is -1.05. The Morgan fingerprint density at radius 1 is 1.38 bits per heavy atom. The molecule has 1 rings (SSSR count). The van der Waals surface area contributed by atoms with Crippen LogP contribution < -0.4 is 15.8 Å². The number of hydrogen-bond donors (Lipinski definition) is 3. The number of ether oxygens (including phenoxy) is 2. The minimum absolute atomic E-state index is 0.106. The first-order chi connectivity index (χ1) is 9.99. The number of benzene rings is 1. The highest BCUT2D eigenvalue weighted by Gasteiger charge is 2.06. The van der Waals surface area contributed by atoms with E-state index in [0.717, 1.165) is 0 Å². The largest absolute Gasteiger partial charge is 0.491 e. The molecule has 1 amide bonds. The van der Waals surface area contributed by atoms with E-state index in [4.69, 9.17) is 38.4 Å². The van der Waals surface area contributed by atoms with Gasteiger partial charge in [-0.3, -0.25) is 4.79 Å². The Morgan fingerprint density at radius 3 is 2.81 bits per heavy atom. The third kappa shape index (κ3) is 8.08. The van der Waals surface area contributed by atoms with Crippen LogP contribution in [0.2, 0.25) is 10.0 Å². The van der Waals surface area contributed by atoms with Crippen LogP contribution in [0.25, 0.3) is 0 Å². The van der Waals surface area contributed by atoms with Gasteiger partial charge >= 0.3 is 0 Å². The fraction of sp³-hybridized carbons (Fsp3) is 0.462. The zero-order valence-corrected chi connectivity index (χ0v) is 12.9. The Labute approximate surface area is 133 Å². The molecule has 0 saturated carbocycles. The highest BCUT2D eigenvalue weighted by atomic mass is 35.5. The summed E-state index contributed by atoms with van der Waals surface area (Å²) in [6.07, 6.45) is -0.685. The number of aliphatic hydroxyl groups excluding tert-OH is 1. The third-order valence-corrected chi connectivity index (χ3v) is 3.12. The molecule has 0 bridgehead atoms. The lowest BCUT2D eigenvalue weighted by Gasteiger charge is -2.13. The second-order valence-electron chi connectivity index (χ2n) is 4.26. The summed E-state index contributed by atoms with van der Waals surface area (Å²) in [6.45, 7) is 1.18. The molecule has 0 radical (unpaired) electrons. The quantitative estimate of drug-likeness (QED) is 0.550. The maximum absolute atomic E-state index is 10.4. The van der Waals surface area contributed by atoms with Crippen molar-refractivity contribution in [3.05, 3.63) is 28.2 Å². The zero-order chi connectivity index (χ0) is 15.7. The molecule has 0 heterocycles. The molecule has 0 aliphatic rings. The maximum atomic E-state index is 10.4. The molecular weight excluding hydrogens is 319 g/mol. The average Bonchev–Trinajstić information content (AvgIpc) is 2.43. The molecule has 0 aliphatic heterocycles. The Morgan fingerprint density at radius 2 is 2.14 bits per heavy atom. The maximum Gasteiger partial charge on any atom is 0.243 e. The van der Waals surface area contributed by atoms with Crippen LogP contribution in [0.4, 0.5) is 0 Å². The minimum atomic E-state index is -0.685. The van der Waals surface area contributed by atoms with E-state index in [-0.39, 0.29) is 13.2 Å². The van der Waals surface area contributed by atoms with Crippen LogP contribution in [-0.2, 0) is 9.53 Å². The van der Waals surface area contributed by atoms with Gasteiger partial charge in [-0.2, -0.15) is 0 Å². The molecule has 1 aromatic rings. The Balaban J connectivity index is 2.12. The van der Waals surface area contributed by atoms with Crippen molar-refractivity contribution in [3.8, 4) is 5.75 Å². The smallest absolute Gasteiger partial charge is 0.243 e. The van der Waals surface area contributed by atoms with Crippen molar-refractivity contribution < 1.29 is 19.4 Å². The van der Waals surface area contributed by atoms with Gasteiger partial charge in [0, 0.05) is 19.2 Å². The average molecular weight is 337 g/mol. The van der Waals surface area contributed by atoms with Crippen LogP contribution in [0, 0.1) is 0 Å². The van der Waals surface area contributed by atoms with Gasteiger partial charge in [0.2, 0.25) is 5.91 Å². The molecule has 21 heavy (non-hydrogen) atoms. The number of aliphatic hydroxyl groups is 1. The summed E-state index contributed by atoms with van der Waals surface area (Å²) in [5.41, 5.74) is 4.91. The van der Waals surface area contributed by atoms with Crippen molar-refractivity contribution in [2.24, 2.45) is 5.73 Å². The number of nitrogens with two attached hydrogens (primary N) is 1. The number of rotatable bonds is 10. The summed E-state index contributed by atoms with van der Waals surface area (Å²) in [7, 11) is 0. The minimum Gasteiger partial charge on any atom is -0.491 e. The van der Waals surface area contributed by atoms with E-state index in [1.807, 2.05) is 0 Å². The molecular formula is C13H18Cl2N2O4. The highest BCUT2D eigenvalue weighted by molar-refractivity contribution is 6.42. The predicted octanol–water partition coefficient (Wildman–Crippen LogP) is 0.825. The fourth-order valence-electron chi connectivity index (χ4n) is 1.40. The van der Waals surface area contributed by atoms with Gasteiger partial charge in [-0.1, -0.05) is 23.2 Å². The van der Waals surface area contributed by atoms with E-state index >= 15 is 0 Å². The topological polar surface area (TPSA) is 93.8 Å². The van der Waals surface area contributed by atoms with Crippen LogP contribution in [0.3, 0.4) is 0 Å². The van der Waals surface area contributed by atoms with Crippen molar-refractivity contribution >= 4 is 29.1 Å². The number of amides is 1. The molecule has 1 aromatic carbocycles. The molecule has 118 valence electrons. The van der Waals surface area contributed by atoms with Crippen LogP contribution in [0.1, 0.15) is 0 Å². The number of primary amides is 1. The van der Waals surface area contributed by atoms with Crippen molar-refractivity contribution in [2.75, 3.05) is 32.9 Å². The van der Waals surface area contributed by atoms with E-state index in [9.17, 15) is 9.90 Å². The van der Waals surface area contributed by atoms with Crippen LogP contribution in [-0.4, -0.2) is 50.0 Å². The van der Waals surface area contributed by atoms with E-state index in [2.05, 4.69) is 5.32 Å². The monoisotopic (exact) mass is 336 g/mol. The second-order valence-corrected chi connectivity index (χ2v) is 5.08. The molecule has 0 aliphatic carbocycles. The van der Waals surface area contributed by atoms with Gasteiger partial charge < -0.3 is 25.6 Å². The van der Waals surface area contributed by atoms with E-state index in [1.54, 1.807) is 18.2 Å². The van der Waals surface area contributed by atoms with Gasteiger partial charge in [-0.25, -0.2) is 0 Å².